The number of fused-ring (bicyclic) bond motifs is 1. The molecule has 12 nitrogen and oxygen atoms in total. The van der Waals surface area contributed by atoms with E-state index in [0.29, 0.717) is 45.0 Å². The van der Waals surface area contributed by atoms with Gasteiger partial charge in [0.1, 0.15) is 17.1 Å². The molecule has 236 valence electrons. The van der Waals surface area contributed by atoms with Crippen LogP contribution in [0.5, 0.6) is 0 Å². The summed E-state index contributed by atoms with van der Waals surface area (Å²) in [6.45, 7) is 14.0. The van der Waals surface area contributed by atoms with Crippen molar-refractivity contribution >= 4 is 45.0 Å². The molecular weight excluding hydrogens is 597 g/mol. The second-order valence-corrected chi connectivity index (χ2v) is 14.4. The van der Waals surface area contributed by atoms with Crippen LogP contribution in [0.15, 0.2) is 35.4 Å². The van der Waals surface area contributed by atoms with Crippen molar-refractivity contribution in [3.63, 3.8) is 0 Å². The lowest BCUT2D eigenvalue weighted by molar-refractivity contribution is -0.0178. The molecule has 0 radical (unpaired) electrons. The van der Waals surface area contributed by atoms with Crippen molar-refractivity contribution in [2.75, 3.05) is 56.0 Å². The number of amides is 1. The van der Waals surface area contributed by atoms with E-state index < -0.39 is 11.4 Å². The molecule has 7 heterocycles. The summed E-state index contributed by atoms with van der Waals surface area (Å²) < 4.78 is 22.5. The van der Waals surface area contributed by atoms with Crippen molar-refractivity contribution in [1.82, 2.24) is 34.5 Å². The Morgan fingerprint density at radius 2 is 1.91 bits per heavy atom. The number of thiophene rings is 1. The molecule has 0 aromatic carbocycles. The molecular formula is C31H36FN9O3S. The number of aryl methyl sites for hydroxylation is 1. The quantitative estimate of drug-likeness (QED) is 0.331. The number of carbonyl (C=O) groups excluding carboxylic acids is 1. The molecule has 14 heteroatoms. The van der Waals surface area contributed by atoms with Crippen molar-refractivity contribution < 1.29 is 13.9 Å². The monoisotopic (exact) mass is 633 g/mol. The van der Waals surface area contributed by atoms with Gasteiger partial charge in [-0.3, -0.25) is 4.79 Å². The average Bonchev–Trinajstić information content (AvgIpc) is 3.36. The highest BCUT2D eigenvalue weighted by Crippen LogP contribution is 2.42. The van der Waals surface area contributed by atoms with E-state index in [0.717, 1.165) is 44.6 Å². The number of hydrogen-bond acceptors (Lipinski definition) is 11. The Balaban J connectivity index is 1.08. The summed E-state index contributed by atoms with van der Waals surface area (Å²) in [6, 6.07) is 5.54. The Morgan fingerprint density at radius 1 is 1.16 bits per heavy atom. The molecule has 4 aromatic rings. The van der Waals surface area contributed by atoms with Gasteiger partial charge in [0.2, 0.25) is 5.95 Å². The van der Waals surface area contributed by atoms with E-state index in [1.165, 1.54) is 16.0 Å². The zero-order valence-electron chi connectivity index (χ0n) is 26.0. The van der Waals surface area contributed by atoms with Crippen LogP contribution in [0.25, 0.3) is 20.7 Å². The van der Waals surface area contributed by atoms with Crippen LogP contribution < -0.4 is 15.8 Å². The molecule has 1 spiro atoms. The summed E-state index contributed by atoms with van der Waals surface area (Å²) >= 11 is 1.26. The smallest absolute Gasteiger partial charge is 0.410 e. The second-order valence-electron chi connectivity index (χ2n) is 13.3. The van der Waals surface area contributed by atoms with Gasteiger partial charge in [0.25, 0.3) is 5.56 Å². The fourth-order valence-electron chi connectivity index (χ4n) is 6.31. The fourth-order valence-corrected chi connectivity index (χ4v) is 7.52. The molecule has 7 rings (SSSR count). The van der Waals surface area contributed by atoms with Crippen LogP contribution in [-0.4, -0.2) is 92.0 Å². The van der Waals surface area contributed by atoms with Crippen LogP contribution in [0.4, 0.5) is 26.6 Å². The summed E-state index contributed by atoms with van der Waals surface area (Å²) in [5.74, 6) is 0.0511. The highest BCUT2D eigenvalue weighted by atomic mass is 32.1. The first-order valence-electron chi connectivity index (χ1n) is 15.1. The molecule has 0 atom stereocenters. The number of anilines is 3. The molecule has 45 heavy (non-hydrogen) atoms. The van der Waals surface area contributed by atoms with E-state index in [2.05, 4.69) is 42.1 Å². The zero-order valence-corrected chi connectivity index (χ0v) is 26.8. The number of pyridine rings is 1. The van der Waals surface area contributed by atoms with Gasteiger partial charge in [-0.1, -0.05) is 6.92 Å². The summed E-state index contributed by atoms with van der Waals surface area (Å²) in [6.07, 6.45) is 2.56. The van der Waals surface area contributed by atoms with Crippen LogP contribution in [-0.2, 0) is 11.8 Å². The van der Waals surface area contributed by atoms with E-state index in [4.69, 9.17) is 4.74 Å². The summed E-state index contributed by atoms with van der Waals surface area (Å²) in [5.41, 5.74) is 1.38. The molecule has 0 saturated carbocycles. The fraction of sp³-hybridized carbons (Fsp3) is 0.484. The van der Waals surface area contributed by atoms with Gasteiger partial charge in [0.05, 0.1) is 38.7 Å². The molecule has 3 saturated heterocycles. The summed E-state index contributed by atoms with van der Waals surface area (Å²) in [4.78, 5) is 45.5. The van der Waals surface area contributed by atoms with Gasteiger partial charge < -0.3 is 24.8 Å². The van der Waals surface area contributed by atoms with Crippen molar-refractivity contribution in [3.8, 4) is 10.6 Å². The maximum Gasteiger partial charge on any atom is 0.410 e. The van der Waals surface area contributed by atoms with Crippen LogP contribution in [0, 0.1) is 11.2 Å². The average molecular weight is 634 g/mol. The van der Waals surface area contributed by atoms with Gasteiger partial charge in [-0.2, -0.15) is 5.10 Å². The Morgan fingerprint density at radius 3 is 2.58 bits per heavy atom. The topological polar surface area (TPSA) is 122 Å². The van der Waals surface area contributed by atoms with Crippen molar-refractivity contribution in [1.29, 1.82) is 0 Å². The van der Waals surface area contributed by atoms with Crippen LogP contribution in [0.3, 0.4) is 0 Å². The maximum absolute atomic E-state index is 15.1. The highest BCUT2D eigenvalue weighted by Gasteiger charge is 2.51. The lowest BCUT2D eigenvalue weighted by Gasteiger charge is -2.61. The molecule has 3 aliphatic rings. The number of halogens is 1. The predicted molar refractivity (Wildman–Crippen MR) is 171 cm³/mol. The number of hydrogen-bond donors (Lipinski definition) is 1. The predicted octanol–water partition coefficient (Wildman–Crippen LogP) is 4.21. The standard InChI is InChI=1S/C31H36FN9O3S/c1-6-39-14-31(15-39)16-41(17-31)19-7-8-23(33-10-19)35-28-34-11-21(32)25(36-28)22-9-20-26(45-22)24(37-38(5)27(20)42)18-12-40(13-18)29(43)44-30(2,3)4/h7-11,18H,6,12-17H2,1-5H3,(H,33,34,35,36). The molecule has 3 aliphatic heterocycles. The van der Waals surface area contributed by atoms with Gasteiger partial charge in [-0.25, -0.2) is 28.8 Å². The van der Waals surface area contributed by atoms with Crippen molar-refractivity contribution in [2.45, 2.75) is 39.2 Å². The first-order chi connectivity index (χ1) is 21.4. The number of carbonyl (C=O) groups is 1. The Labute approximate surface area is 263 Å². The Bertz CT molecular complexity index is 1830. The highest BCUT2D eigenvalue weighted by molar-refractivity contribution is 7.22. The van der Waals surface area contributed by atoms with Gasteiger partial charge in [0.15, 0.2) is 5.82 Å². The normalized spacial score (nSPS) is 18.1. The van der Waals surface area contributed by atoms with E-state index >= 15 is 4.39 Å². The van der Waals surface area contributed by atoms with Crippen LogP contribution in [0.1, 0.15) is 39.3 Å². The SMILES string of the molecule is CCN1CC2(C1)CN(c1ccc(Nc3ncc(F)c(-c4cc5c(=O)n(C)nc(C6CN(C(=O)OC(C)(C)C)C6)c5s4)n3)nc1)C2. The minimum absolute atomic E-state index is 0.0785. The zero-order chi connectivity index (χ0) is 31.7. The second kappa shape index (κ2) is 10.7. The number of rotatable bonds is 6. The number of aromatic nitrogens is 5. The number of likely N-dealkylation sites (tertiary alicyclic amines) is 2. The third-order valence-corrected chi connectivity index (χ3v) is 9.78. The lowest BCUT2D eigenvalue weighted by atomic mass is 9.72. The summed E-state index contributed by atoms with van der Waals surface area (Å²) in [7, 11) is 1.59. The lowest BCUT2D eigenvalue weighted by Crippen LogP contribution is -2.72. The van der Waals surface area contributed by atoms with Crippen LogP contribution >= 0.6 is 11.3 Å². The molecule has 0 bridgehead atoms. The largest absolute Gasteiger partial charge is 0.444 e. The van der Waals surface area contributed by atoms with E-state index in [1.54, 1.807) is 18.0 Å². The van der Waals surface area contributed by atoms with Crippen LogP contribution in [0.2, 0.25) is 0 Å². The first-order valence-corrected chi connectivity index (χ1v) is 15.9. The van der Waals surface area contributed by atoms with E-state index in [9.17, 15) is 9.59 Å². The van der Waals surface area contributed by atoms with Gasteiger partial charge >= 0.3 is 6.09 Å². The number of nitrogens with zero attached hydrogens (tertiary/aromatic N) is 8. The molecule has 3 fully saturated rings. The van der Waals surface area contributed by atoms with Gasteiger partial charge in [0, 0.05) is 57.6 Å². The molecule has 0 aliphatic carbocycles. The molecule has 1 amide bonds. The third-order valence-electron chi connectivity index (χ3n) is 8.61. The minimum atomic E-state index is -0.606. The van der Waals surface area contributed by atoms with E-state index in [1.807, 2.05) is 39.1 Å². The number of nitrogens with one attached hydrogen (secondary N) is 1. The first kappa shape index (κ1) is 29.5. The summed E-state index contributed by atoms with van der Waals surface area (Å²) in [5, 5.41) is 8.04. The van der Waals surface area contributed by atoms with Gasteiger partial charge in [-0.15, -0.1) is 11.3 Å². The number of ether oxygens (including phenoxy) is 1. The maximum atomic E-state index is 15.1. The molecule has 4 aromatic heterocycles. The van der Waals surface area contributed by atoms with Gasteiger partial charge in [-0.05, 0) is 45.5 Å². The third kappa shape index (κ3) is 5.50. The minimum Gasteiger partial charge on any atom is -0.444 e. The Hall–Kier alpha value is -4.17. The van der Waals surface area contributed by atoms with Crippen molar-refractivity contribution in [3.05, 3.63) is 52.5 Å². The van der Waals surface area contributed by atoms with E-state index in [-0.39, 0.29) is 29.2 Å². The Kier molecular flexibility index (Phi) is 7.04. The molecule has 1 N–H and O–H groups in total. The van der Waals surface area contributed by atoms with Crippen molar-refractivity contribution in [2.24, 2.45) is 12.5 Å². The molecule has 0 unspecified atom stereocenters.